The first kappa shape index (κ1) is 11.2. The lowest BCUT2D eigenvalue weighted by atomic mass is 10.2. The topological polar surface area (TPSA) is 29.1 Å². The Morgan fingerprint density at radius 2 is 2.38 bits per heavy atom. The molecular weight excluding hydrogens is 206 g/mol. The number of hydrogen-bond donors (Lipinski definition) is 1. The van der Waals surface area contributed by atoms with Gasteiger partial charge in [-0.3, -0.25) is 4.79 Å². The molecule has 2 atom stereocenters. The first-order valence-electron chi connectivity index (χ1n) is 4.66. The first-order valence-corrected chi connectivity index (χ1v) is 6.49. The fourth-order valence-electron chi connectivity index (χ4n) is 1.55. The summed E-state index contributed by atoms with van der Waals surface area (Å²) in [6, 6.07) is 0.219. The summed E-state index contributed by atoms with van der Waals surface area (Å²) in [6.07, 6.45) is 5.84. The summed E-state index contributed by atoms with van der Waals surface area (Å²) in [4.78, 5) is 11.3. The van der Waals surface area contributed by atoms with Crippen molar-refractivity contribution in [3.63, 3.8) is 0 Å². The van der Waals surface area contributed by atoms with Gasteiger partial charge in [-0.25, -0.2) is 0 Å². The van der Waals surface area contributed by atoms with Gasteiger partial charge in [-0.1, -0.05) is 0 Å². The van der Waals surface area contributed by atoms with Gasteiger partial charge in [-0.15, -0.1) is 11.6 Å². The third-order valence-corrected chi connectivity index (χ3v) is 3.45. The van der Waals surface area contributed by atoms with E-state index in [0.29, 0.717) is 6.42 Å². The SMILES string of the molecule is CSCCC(=O)NC1CCCC1Cl. The highest BCUT2D eigenvalue weighted by Crippen LogP contribution is 2.23. The van der Waals surface area contributed by atoms with Crippen LogP contribution < -0.4 is 5.32 Å². The minimum Gasteiger partial charge on any atom is -0.352 e. The molecule has 0 aromatic rings. The lowest BCUT2D eigenvalue weighted by Gasteiger charge is -2.15. The van der Waals surface area contributed by atoms with Crippen molar-refractivity contribution in [2.45, 2.75) is 37.1 Å². The van der Waals surface area contributed by atoms with E-state index >= 15 is 0 Å². The Balaban J connectivity index is 2.19. The number of carbonyl (C=O) groups excluding carboxylic acids is 1. The monoisotopic (exact) mass is 221 g/mol. The highest BCUT2D eigenvalue weighted by Gasteiger charge is 2.26. The van der Waals surface area contributed by atoms with Gasteiger partial charge < -0.3 is 5.32 Å². The van der Waals surface area contributed by atoms with E-state index in [4.69, 9.17) is 11.6 Å². The summed E-state index contributed by atoms with van der Waals surface area (Å²) >= 11 is 7.73. The summed E-state index contributed by atoms with van der Waals surface area (Å²) in [7, 11) is 0. The molecule has 0 aromatic heterocycles. The number of amides is 1. The highest BCUT2D eigenvalue weighted by molar-refractivity contribution is 7.98. The Labute approximate surface area is 88.8 Å². The van der Waals surface area contributed by atoms with Crippen molar-refractivity contribution in [3.05, 3.63) is 0 Å². The molecule has 1 fully saturated rings. The van der Waals surface area contributed by atoms with Crippen LogP contribution in [0.5, 0.6) is 0 Å². The van der Waals surface area contributed by atoms with Gasteiger partial charge in [0.15, 0.2) is 0 Å². The molecule has 76 valence electrons. The van der Waals surface area contributed by atoms with Crippen molar-refractivity contribution in [1.29, 1.82) is 0 Å². The number of halogens is 1. The maximum absolute atomic E-state index is 11.3. The van der Waals surface area contributed by atoms with Crippen molar-refractivity contribution >= 4 is 29.3 Å². The largest absolute Gasteiger partial charge is 0.352 e. The van der Waals surface area contributed by atoms with Gasteiger partial charge in [0.05, 0.1) is 5.38 Å². The molecule has 0 aliphatic heterocycles. The molecule has 0 aromatic carbocycles. The summed E-state index contributed by atoms with van der Waals surface area (Å²) in [6.45, 7) is 0. The lowest BCUT2D eigenvalue weighted by molar-refractivity contribution is -0.121. The van der Waals surface area contributed by atoms with E-state index in [1.807, 2.05) is 6.26 Å². The minimum atomic E-state index is 0.145. The third-order valence-electron chi connectivity index (χ3n) is 2.31. The van der Waals surface area contributed by atoms with Crippen molar-refractivity contribution in [2.24, 2.45) is 0 Å². The maximum Gasteiger partial charge on any atom is 0.221 e. The summed E-state index contributed by atoms with van der Waals surface area (Å²) in [5.74, 6) is 1.04. The van der Waals surface area contributed by atoms with Gasteiger partial charge in [0.1, 0.15) is 0 Å². The van der Waals surface area contributed by atoms with Crippen LogP contribution in [0.3, 0.4) is 0 Å². The molecule has 0 radical (unpaired) electrons. The molecule has 0 saturated heterocycles. The second-order valence-electron chi connectivity index (χ2n) is 3.36. The summed E-state index contributed by atoms with van der Waals surface area (Å²) in [5, 5.41) is 3.13. The van der Waals surface area contributed by atoms with Crippen LogP contribution in [0.1, 0.15) is 25.7 Å². The van der Waals surface area contributed by atoms with Gasteiger partial charge >= 0.3 is 0 Å². The molecule has 2 nitrogen and oxygen atoms in total. The van der Waals surface area contributed by atoms with E-state index in [9.17, 15) is 4.79 Å². The Morgan fingerprint density at radius 3 is 2.92 bits per heavy atom. The Kier molecular flexibility index (Phi) is 4.96. The maximum atomic E-state index is 11.3. The molecule has 1 rings (SSSR count). The molecule has 1 saturated carbocycles. The average Bonchev–Trinajstić information content (AvgIpc) is 2.48. The van der Waals surface area contributed by atoms with Crippen LogP contribution >= 0.6 is 23.4 Å². The number of alkyl halides is 1. The zero-order chi connectivity index (χ0) is 9.68. The molecule has 0 bridgehead atoms. The number of carbonyl (C=O) groups is 1. The van der Waals surface area contributed by atoms with Crippen LogP contribution in [0.15, 0.2) is 0 Å². The standard InChI is InChI=1S/C9H16ClNOS/c1-13-6-5-9(12)11-8-4-2-3-7(8)10/h7-8H,2-6H2,1H3,(H,11,12). The molecule has 1 N–H and O–H groups in total. The summed E-state index contributed by atoms with van der Waals surface area (Å²) in [5.41, 5.74) is 0. The van der Waals surface area contributed by atoms with Crippen LogP contribution in [0, 0.1) is 0 Å². The molecule has 1 aliphatic rings. The Morgan fingerprint density at radius 1 is 1.62 bits per heavy atom. The quantitative estimate of drug-likeness (QED) is 0.736. The van der Waals surface area contributed by atoms with Crippen LogP contribution in [-0.2, 0) is 4.79 Å². The number of rotatable bonds is 4. The predicted octanol–water partition coefficient (Wildman–Crippen LogP) is 2.02. The second-order valence-corrected chi connectivity index (χ2v) is 4.91. The zero-order valence-corrected chi connectivity index (χ0v) is 9.46. The van der Waals surface area contributed by atoms with Gasteiger partial charge in [0.25, 0.3) is 0 Å². The Hall–Kier alpha value is 0.110. The van der Waals surface area contributed by atoms with E-state index in [2.05, 4.69) is 5.32 Å². The third kappa shape index (κ3) is 3.77. The van der Waals surface area contributed by atoms with Gasteiger partial charge in [0.2, 0.25) is 5.91 Å². The van der Waals surface area contributed by atoms with Gasteiger partial charge in [-0.05, 0) is 25.5 Å². The first-order chi connectivity index (χ1) is 6.24. The van der Waals surface area contributed by atoms with Crippen molar-refractivity contribution in [1.82, 2.24) is 5.32 Å². The zero-order valence-electron chi connectivity index (χ0n) is 7.88. The normalized spacial score (nSPS) is 27.5. The van der Waals surface area contributed by atoms with Gasteiger partial charge in [0, 0.05) is 18.2 Å². The van der Waals surface area contributed by atoms with E-state index < -0.39 is 0 Å². The van der Waals surface area contributed by atoms with Crippen LogP contribution in [0.25, 0.3) is 0 Å². The molecule has 4 heteroatoms. The highest BCUT2D eigenvalue weighted by atomic mass is 35.5. The predicted molar refractivity (Wildman–Crippen MR) is 58.4 cm³/mol. The Bertz CT molecular complexity index is 177. The van der Waals surface area contributed by atoms with Crippen molar-refractivity contribution in [3.8, 4) is 0 Å². The van der Waals surface area contributed by atoms with Crippen LogP contribution in [0.2, 0.25) is 0 Å². The van der Waals surface area contributed by atoms with E-state index in [0.717, 1.165) is 25.0 Å². The summed E-state index contributed by atoms with van der Waals surface area (Å²) < 4.78 is 0. The molecule has 2 unspecified atom stereocenters. The molecule has 13 heavy (non-hydrogen) atoms. The molecule has 1 aliphatic carbocycles. The number of thioether (sulfide) groups is 1. The fraction of sp³-hybridized carbons (Fsp3) is 0.889. The second kappa shape index (κ2) is 5.76. The van der Waals surface area contributed by atoms with E-state index in [1.165, 1.54) is 0 Å². The van der Waals surface area contributed by atoms with Gasteiger partial charge in [-0.2, -0.15) is 11.8 Å². The average molecular weight is 222 g/mol. The van der Waals surface area contributed by atoms with Crippen LogP contribution in [-0.4, -0.2) is 29.3 Å². The number of hydrogen-bond acceptors (Lipinski definition) is 2. The smallest absolute Gasteiger partial charge is 0.221 e. The van der Waals surface area contributed by atoms with Crippen LogP contribution in [0.4, 0.5) is 0 Å². The molecule has 0 heterocycles. The fourth-order valence-corrected chi connectivity index (χ4v) is 2.28. The number of nitrogens with one attached hydrogen (secondary N) is 1. The molecule has 0 spiro atoms. The molecular formula is C9H16ClNOS. The lowest BCUT2D eigenvalue weighted by Crippen LogP contribution is -2.37. The van der Waals surface area contributed by atoms with Crippen molar-refractivity contribution in [2.75, 3.05) is 12.0 Å². The molecule has 1 amide bonds. The van der Waals surface area contributed by atoms with E-state index in [1.54, 1.807) is 11.8 Å². The minimum absolute atomic E-state index is 0.145. The van der Waals surface area contributed by atoms with Crippen molar-refractivity contribution < 1.29 is 4.79 Å². The van der Waals surface area contributed by atoms with E-state index in [-0.39, 0.29) is 17.3 Å².